The van der Waals surface area contributed by atoms with Crippen LogP contribution >= 0.6 is 11.6 Å². The number of carbonyl (C=O) groups excluding carboxylic acids is 3. The molecular weight excluding hydrogens is 628 g/mol. The molecule has 10 nitrogen and oxygen atoms in total. The van der Waals surface area contributed by atoms with Crippen molar-refractivity contribution in [2.75, 3.05) is 31.1 Å². The van der Waals surface area contributed by atoms with Crippen molar-refractivity contribution in [3.63, 3.8) is 0 Å². The third-order valence-corrected chi connectivity index (χ3v) is 10.7. The van der Waals surface area contributed by atoms with E-state index in [0.29, 0.717) is 41.3 Å². The number of rotatable bonds is 8. The third-order valence-electron chi connectivity index (χ3n) is 10.3. The molecule has 0 spiro atoms. The normalized spacial score (nSPS) is 23.7. The molecule has 3 amide bonds. The highest BCUT2D eigenvalue weighted by molar-refractivity contribution is 6.31. The number of carbonyl (C=O) groups is 3. The molecule has 11 heteroatoms. The van der Waals surface area contributed by atoms with Gasteiger partial charge in [0.1, 0.15) is 23.7 Å². The lowest BCUT2D eigenvalue weighted by molar-refractivity contribution is -0.215. The summed E-state index contributed by atoms with van der Waals surface area (Å²) in [6.45, 7) is 12.0. The lowest BCUT2D eigenvalue weighted by Gasteiger charge is -2.65. The lowest BCUT2D eigenvalue weighted by Crippen LogP contribution is -2.76. The Morgan fingerprint density at radius 2 is 1.75 bits per heavy atom. The highest BCUT2D eigenvalue weighted by Crippen LogP contribution is 2.59. The van der Waals surface area contributed by atoms with Crippen molar-refractivity contribution in [2.45, 2.75) is 65.1 Å². The van der Waals surface area contributed by atoms with Crippen molar-refractivity contribution in [1.82, 2.24) is 14.8 Å². The number of likely N-dealkylation sites (tertiary alicyclic amines) is 1. The summed E-state index contributed by atoms with van der Waals surface area (Å²) in [6.07, 6.45) is 1.98. The molecule has 3 fully saturated rings. The van der Waals surface area contributed by atoms with E-state index in [-0.39, 0.29) is 24.0 Å². The van der Waals surface area contributed by atoms with Crippen molar-refractivity contribution < 1.29 is 19.1 Å². The fourth-order valence-electron chi connectivity index (χ4n) is 8.35. The van der Waals surface area contributed by atoms with Crippen molar-refractivity contribution in [3.05, 3.63) is 88.1 Å². The Hall–Kier alpha value is -4.46. The van der Waals surface area contributed by atoms with Crippen molar-refractivity contribution in [3.8, 4) is 11.8 Å². The highest BCUT2D eigenvalue weighted by Gasteiger charge is 2.68. The second kappa shape index (κ2) is 12.9. The predicted molar refractivity (Wildman–Crippen MR) is 182 cm³/mol. The zero-order valence-electron chi connectivity index (χ0n) is 27.8. The first-order valence-electron chi connectivity index (χ1n) is 16.4. The van der Waals surface area contributed by atoms with E-state index < -0.39 is 22.7 Å². The summed E-state index contributed by atoms with van der Waals surface area (Å²) in [5.74, 6) is 0.147. The highest BCUT2D eigenvalue weighted by atomic mass is 35.5. The van der Waals surface area contributed by atoms with Crippen molar-refractivity contribution >= 4 is 35.1 Å². The third kappa shape index (κ3) is 6.01. The van der Waals surface area contributed by atoms with Gasteiger partial charge in [0.05, 0.1) is 28.1 Å². The fraction of sp³-hybridized carbons (Fsp3) is 0.432. The summed E-state index contributed by atoms with van der Waals surface area (Å²) in [7, 11) is 0. The summed E-state index contributed by atoms with van der Waals surface area (Å²) in [6, 6.07) is 18.3. The van der Waals surface area contributed by atoms with Crippen LogP contribution in [0.15, 0.2) is 60.8 Å². The van der Waals surface area contributed by atoms with E-state index in [1.54, 1.807) is 24.3 Å². The van der Waals surface area contributed by atoms with Gasteiger partial charge in [0.2, 0.25) is 17.7 Å². The van der Waals surface area contributed by atoms with E-state index >= 15 is 0 Å². The van der Waals surface area contributed by atoms with E-state index in [9.17, 15) is 19.6 Å². The van der Waals surface area contributed by atoms with Crippen LogP contribution in [0.4, 0.5) is 5.82 Å². The molecule has 1 aromatic heterocycles. The Kier molecular flexibility index (Phi) is 8.96. The molecule has 3 heterocycles. The molecule has 2 aliphatic heterocycles. The van der Waals surface area contributed by atoms with E-state index in [1.807, 2.05) is 52.0 Å². The smallest absolute Gasteiger partial charge is 0.250 e. The van der Waals surface area contributed by atoms with E-state index in [2.05, 4.69) is 26.9 Å². The Labute approximate surface area is 286 Å². The Bertz CT molecular complexity index is 1760. The zero-order valence-corrected chi connectivity index (χ0v) is 28.5. The fourth-order valence-corrected chi connectivity index (χ4v) is 8.56. The standard InChI is InChI=1S/C37H41ClN6O4/c1-36(2)34(37(3,4)35(36)48-26-11-9-23(20-39)29(38)19-26)44-31(45)14-12-28(33(44)47)27-8-6-5-7-25(27)22-42-15-17-43(18-16-42)30-13-10-24(21-41-30)32(40)46/h5-11,13,19,21,28,34-35H,12,14-18,22H2,1-4H3,(H2,40,46). The second-order valence-corrected chi connectivity index (χ2v) is 14.6. The van der Waals surface area contributed by atoms with Crippen LogP contribution in [-0.4, -0.2) is 70.8 Å². The van der Waals surface area contributed by atoms with Crippen LogP contribution in [0.25, 0.3) is 0 Å². The number of piperazine rings is 1. The van der Waals surface area contributed by atoms with Crippen LogP contribution < -0.4 is 15.4 Å². The molecule has 1 saturated carbocycles. The number of halogens is 1. The monoisotopic (exact) mass is 668 g/mol. The van der Waals surface area contributed by atoms with E-state index in [0.717, 1.165) is 43.1 Å². The molecule has 3 aliphatic rings. The number of hydrogen-bond acceptors (Lipinski definition) is 8. The molecule has 2 aromatic carbocycles. The number of nitriles is 1. The van der Waals surface area contributed by atoms with E-state index in [4.69, 9.17) is 22.1 Å². The van der Waals surface area contributed by atoms with Gasteiger partial charge in [-0.3, -0.25) is 24.2 Å². The van der Waals surface area contributed by atoms with Crippen LogP contribution in [0.5, 0.6) is 5.75 Å². The molecule has 0 radical (unpaired) electrons. The molecule has 2 saturated heterocycles. The molecule has 48 heavy (non-hydrogen) atoms. The SMILES string of the molecule is CC1(C)C(Oc2ccc(C#N)c(Cl)c2)C(C)(C)C1N1C(=O)CCC(c2ccccc2CN2CCN(c3ccc(C(N)=O)cn3)CC2)C1=O. The van der Waals surface area contributed by atoms with Gasteiger partial charge in [-0.1, -0.05) is 63.6 Å². The number of nitrogens with zero attached hydrogens (tertiary/aromatic N) is 5. The number of imide groups is 1. The van der Waals surface area contributed by atoms with Gasteiger partial charge in [-0.05, 0) is 41.8 Å². The van der Waals surface area contributed by atoms with Crippen LogP contribution in [0.1, 0.15) is 73.5 Å². The van der Waals surface area contributed by atoms with Gasteiger partial charge in [0, 0.05) is 62.2 Å². The number of ether oxygens (including phenoxy) is 1. The zero-order chi connectivity index (χ0) is 34.4. The number of hydrogen-bond donors (Lipinski definition) is 1. The maximum absolute atomic E-state index is 14.4. The number of nitrogens with two attached hydrogens (primary N) is 1. The number of primary amides is 1. The van der Waals surface area contributed by atoms with Gasteiger partial charge >= 0.3 is 0 Å². The van der Waals surface area contributed by atoms with Gasteiger partial charge in [-0.25, -0.2) is 4.98 Å². The number of benzene rings is 2. The summed E-state index contributed by atoms with van der Waals surface area (Å²) in [5.41, 5.74) is 7.11. The second-order valence-electron chi connectivity index (χ2n) is 14.2. The molecule has 3 aromatic rings. The molecule has 250 valence electrons. The van der Waals surface area contributed by atoms with Gasteiger partial charge in [-0.15, -0.1) is 0 Å². The molecule has 1 atom stereocenters. The first-order valence-corrected chi connectivity index (χ1v) is 16.7. The predicted octanol–water partition coefficient (Wildman–Crippen LogP) is 5.14. The number of aromatic nitrogens is 1. The van der Waals surface area contributed by atoms with Crippen molar-refractivity contribution in [2.24, 2.45) is 16.6 Å². The molecule has 6 rings (SSSR count). The van der Waals surface area contributed by atoms with Crippen LogP contribution in [0.3, 0.4) is 0 Å². The average Bonchev–Trinajstić information content (AvgIpc) is 3.06. The maximum Gasteiger partial charge on any atom is 0.250 e. The minimum Gasteiger partial charge on any atom is -0.489 e. The number of pyridine rings is 1. The molecule has 1 aliphatic carbocycles. The largest absolute Gasteiger partial charge is 0.489 e. The first kappa shape index (κ1) is 33.4. The van der Waals surface area contributed by atoms with Crippen LogP contribution in [-0.2, 0) is 16.1 Å². The molecular formula is C37H41ClN6O4. The molecule has 0 bridgehead atoms. The minimum absolute atomic E-state index is 0.145. The van der Waals surface area contributed by atoms with Crippen LogP contribution in [0, 0.1) is 22.2 Å². The summed E-state index contributed by atoms with van der Waals surface area (Å²) < 4.78 is 6.44. The van der Waals surface area contributed by atoms with Gasteiger partial charge in [0.25, 0.3) is 0 Å². The van der Waals surface area contributed by atoms with Crippen LogP contribution in [0.2, 0.25) is 5.02 Å². The lowest BCUT2D eigenvalue weighted by atomic mass is 9.48. The summed E-state index contributed by atoms with van der Waals surface area (Å²) in [4.78, 5) is 49.9. The van der Waals surface area contributed by atoms with Gasteiger partial charge < -0.3 is 15.4 Å². The summed E-state index contributed by atoms with van der Waals surface area (Å²) >= 11 is 6.28. The van der Waals surface area contributed by atoms with Gasteiger partial charge in [-0.2, -0.15) is 5.26 Å². The first-order chi connectivity index (χ1) is 22.8. The number of piperidine rings is 1. The Balaban J connectivity index is 1.16. The topological polar surface area (TPSA) is 133 Å². The van der Waals surface area contributed by atoms with E-state index in [1.165, 1.54) is 11.1 Å². The molecule has 1 unspecified atom stereocenters. The van der Waals surface area contributed by atoms with Crippen molar-refractivity contribution in [1.29, 1.82) is 5.26 Å². The average molecular weight is 669 g/mol. The number of anilines is 1. The maximum atomic E-state index is 14.4. The minimum atomic E-state index is -0.536. The summed E-state index contributed by atoms with van der Waals surface area (Å²) in [5, 5.41) is 9.57. The Morgan fingerprint density at radius 3 is 2.38 bits per heavy atom. The quantitative estimate of drug-likeness (QED) is 0.326. The van der Waals surface area contributed by atoms with Gasteiger partial charge in [0.15, 0.2) is 0 Å². The Morgan fingerprint density at radius 1 is 1.04 bits per heavy atom. The molecule has 2 N–H and O–H groups in total. The number of amides is 3.